The number of phenolic OH excluding ortho intramolecular Hbond substituents is 1. The molecule has 0 saturated heterocycles. The van der Waals surface area contributed by atoms with Gasteiger partial charge in [0.25, 0.3) is 0 Å². The number of carbonyl (C=O) groups is 1. The zero-order valence-electron chi connectivity index (χ0n) is 15.6. The van der Waals surface area contributed by atoms with E-state index in [4.69, 9.17) is 4.52 Å². The van der Waals surface area contributed by atoms with Crippen LogP contribution in [-0.2, 0) is 13.9 Å². The van der Waals surface area contributed by atoms with Crippen LogP contribution < -0.4 is 5.32 Å². The molecule has 8 heteroatoms. The third-order valence-corrected chi connectivity index (χ3v) is 4.77. The molecule has 0 aliphatic carbocycles. The third-order valence-electron chi connectivity index (χ3n) is 4.07. The van der Waals surface area contributed by atoms with Crippen molar-refractivity contribution >= 4 is 13.7 Å². The van der Waals surface area contributed by atoms with Crippen molar-refractivity contribution in [2.75, 3.05) is 0 Å². The average molecular weight is 387 g/mol. The second-order valence-electron chi connectivity index (χ2n) is 6.95. The summed E-state index contributed by atoms with van der Waals surface area (Å²) in [5.41, 5.74) is -0.882. The van der Waals surface area contributed by atoms with Crippen LogP contribution in [0.25, 0.3) is 0 Å². The molecule has 0 fully saturated rings. The van der Waals surface area contributed by atoms with E-state index in [0.29, 0.717) is 12.0 Å². The molecule has 0 aliphatic heterocycles. The summed E-state index contributed by atoms with van der Waals surface area (Å²) < 4.78 is 16.2. The number of amides is 1. The second-order valence-corrected chi connectivity index (χ2v) is 8.11. The Kier molecular flexibility index (Phi) is 8.77. The summed E-state index contributed by atoms with van der Waals surface area (Å²) in [6, 6.07) is 5.35. The molecule has 26 heavy (non-hydrogen) atoms. The first kappa shape index (κ1) is 22.6. The summed E-state index contributed by atoms with van der Waals surface area (Å²) in [5.74, 6) is -0.231. The number of aromatic hydroxyl groups is 1. The molecular formula is C18H30NO6P. The maximum absolute atomic E-state index is 12.3. The van der Waals surface area contributed by atoms with Gasteiger partial charge in [0, 0.05) is 6.42 Å². The van der Waals surface area contributed by atoms with Gasteiger partial charge in [0.15, 0.2) is 0 Å². The van der Waals surface area contributed by atoms with Crippen molar-refractivity contribution in [3.63, 3.8) is 0 Å². The number of phenols is 1. The summed E-state index contributed by atoms with van der Waals surface area (Å²) >= 11 is 0. The van der Waals surface area contributed by atoms with Gasteiger partial charge in [-0.05, 0) is 38.0 Å². The van der Waals surface area contributed by atoms with E-state index in [1.54, 1.807) is 12.1 Å². The van der Waals surface area contributed by atoms with Gasteiger partial charge in [-0.25, -0.2) is 4.57 Å². The van der Waals surface area contributed by atoms with Gasteiger partial charge in [-0.3, -0.25) is 9.32 Å². The van der Waals surface area contributed by atoms with Crippen LogP contribution in [0.2, 0.25) is 0 Å². The lowest BCUT2D eigenvalue weighted by Gasteiger charge is -2.35. The zero-order chi connectivity index (χ0) is 19.8. The van der Waals surface area contributed by atoms with Gasteiger partial charge in [-0.2, -0.15) is 0 Å². The molecule has 7 nitrogen and oxygen atoms in total. The average Bonchev–Trinajstić information content (AvgIpc) is 2.50. The molecule has 0 saturated carbocycles. The number of nitrogens with one attached hydrogen (secondary N) is 1. The lowest BCUT2D eigenvalue weighted by molar-refractivity contribution is -0.123. The minimum absolute atomic E-state index is 0.00621. The maximum atomic E-state index is 12.3. The van der Waals surface area contributed by atoms with Crippen molar-refractivity contribution in [3.05, 3.63) is 29.8 Å². The largest absolute Gasteiger partial charge is 0.508 e. The van der Waals surface area contributed by atoms with Gasteiger partial charge in [0.2, 0.25) is 5.91 Å². The van der Waals surface area contributed by atoms with Crippen molar-refractivity contribution in [2.24, 2.45) is 0 Å². The van der Waals surface area contributed by atoms with E-state index < -0.39 is 19.5 Å². The van der Waals surface area contributed by atoms with E-state index in [9.17, 15) is 24.3 Å². The summed E-state index contributed by atoms with van der Waals surface area (Å²) in [7, 11) is -4.76. The zero-order valence-corrected chi connectivity index (χ0v) is 16.5. The van der Waals surface area contributed by atoms with E-state index in [2.05, 4.69) is 12.2 Å². The lowest BCUT2D eigenvalue weighted by Crippen LogP contribution is -2.43. The van der Waals surface area contributed by atoms with E-state index in [1.165, 1.54) is 26.0 Å². The van der Waals surface area contributed by atoms with Crippen molar-refractivity contribution < 1.29 is 28.8 Å². The van der Waals surface area contributed by atoms with Gasteiger partial charge in [-0.1, -0.05) is 44.7 Å². The number of unbranched alkanes of at least 4 members (excludes halogenated alkanes) is 4. The highest BCUT2D eigenvalue weighted by molar-refractivity contribution is 7.46. The van der Waals surface area contributed by atoms with E-state index in [-0.39, 0.29) is 11.7 Å². The van der Waals surface area contributed by atoms with Crippen LogP contribution in [0.15, 0.2) is 24.3 Å². The molecule has 148 valence electrons. The highest BCUT2D eigenvalue weighted by Gasteiger charge is 2.38. The van der Waals surface area contributed by atoms with Crippen LogP contribution in [0.1, 0.15) is 70.9 Å². The van der Waals surface area contributed by atoms with Gasteiger partial charge in [0.05, 0.1) is 11.6 Å². The normalized spacial score (nSPS) is 13.4. The van der Waals surface area contributed by atoms with E-state index >= 15 is 0 Å². The highest BCUT2D eigenvalue weighted by atomic mass is 31.2. The molecule has 0 unspecified atom stereocenters. The van der Waals surface area contributed by atoms with Crippen LogP contribution in [0, 0.1) is 0 Å². The lowest BCUT2D eigenvalue weighted by atomic mass is 9.91. The van der Waals surface area contributed by atoms with Crippen molar-refractivity contribution in [2.45, 2.75) is 70.9 Å². The van der Waals surface area contributed by atoms with Crippen molar-refractivity contribution in [3.8, 4) is 5.75 Å². The standard InChI is InChI=1S/C18H30NO6P/c1-4-5-6-7-8-12-16(21)19-17(14-10-9-11-15(20)13-14)18(2,3)25-26(22,23)24/h9-11,13,17,20H,4-8,12H2,1-3H3,(H,19,21)(H2,22,23,24)/t17-/m1/s1. The van der Waals surface area contributed by atoms with Gasteiger partial charge < -0.3 is 20.2 Å². The molecule has 0 aromatic heterocycles. The first-order chi connectivity index (χ1) is 12.0. The highest BCUT2D eigenvalue weighted by Crippen LogP contribution is 2.45. The molecule has 0 aliphatic rings. The van der Waals surface area contributed by atoms with Crippen LogP contribution >= 0.6 is 7.82 Å². The maximum Gasteiger partial charge on any atom is 0.470 e. The first-order valence-electron chi connectivity index (χ1n) is 8.90. The van der Waals surface area contributed by atoms with Gasteiger partial charge in [0.1, 0.15) is 5.75 Å². The predicted octanol–water partition coefficient (Wildman–Crippen LogP) is 3.80. The van der Waals surface area contributed by atoms with Crippen LogP contribution in [-0.4, -0.2) is 26.4 Å². The molecule has 1 rings (SSSR count). The number of rotatable bonds is 11. The molecule has 1 amide bonds. The second kappa shape index (κ2) is 10.1. The smallest absolute Gasteiger partial charge is 0.470 e. The van der Waals surface area contributed by atoms with Crippen LogP contribution in [0.4, 0.5) is 0 Å². The molecule has 4 N–H and O–H groups in total. The minimum Gasteiger partial charge on any atom is -0.508 e. The van der Waals surface area contributed by atoms with Gasteiger partial charge in [-0.15, -0.1) is 0 Å². The number of carbonyl (C=O) groups excluding carboxylic acids is 1. The number of hydrogen-bond acceptors (Lipinski definition) is 4. The number of benzene rings is 1. The molecule has 0 radical (unpaired) electrons. The SMILES string of the molecule is CCCCCCCC(=O)N[C@H](c1cccc(O)c1)C(C)(C)OP(=O)(O)O. The van der Waals surface area contributed by atoms with Crippen molar-refractivity contribution in [1.29, 1.82) is 0 Å². The Morgan fingerprint density at radius 3 is 2.46 bits per heavy atom. The fraction of sp³-hybridized carbons (Fsp3) is 0.611. The fourth-order valence-electron chi connectivity index (χ4n) is 2.84. The molecule has 0 spiro atoms. The molecule has 1 aromatic rings. The predicted molar refractivity (Wildman–Crippen MR) is 99.6 cm³/mol. The van der Waals surface area contributed by atoms with Gasteiger partial charge >= 0.3 is 7.82 Å². The summed E-state index contributed by atoms with van der Waals surface area (Å²) in [4.78, 5) is 30.7. The summed E-state index contributed by atoms with van der Waals surface area (Å²) in [6.45, 7) is 5.10. The molecule has 1 atom stereocenters. The number of phosphoric ester groups is 1. The third kappa shape index (κ3) is 8.32. The molecule has 1 aromatic carbocycles. The first-order valence-corrected chi connectivity index (χ1v) is 10.4. The number of hydrogen-bond donors (Lipinski definition) is 4. The summed E-state index contributed by atoms with van der Waals surface area (Å²) in [5, 5.41) is 12.5. The molecule has 0 heterocycles. The Hall–Kier alpha value is -1.40. The van der Waals surface area contributed by atoms with E-state index in [1.807, 2.05) is 0 Å². The molecule has 0 bridgehead atoms. The molecular weight excluding hydrogens is 357 g/mol. The Bertz CT molecular complexity index is 628. The Balaban J connectivity index is 2.88. The topological polar surface area (TPSA) is 116 Å². The Morgan fingerprint density at radius 1 is 1.23 bits per heavy atom. The fourth-order valence-corrected chi connectivity index (χ4v) is 3.56. The Labute approximate surface area is 155 Å². The monoisotopic (exact) mass is 387 g/mol. The van der Waals surface area contributed by atoms with Crippen LogP contribution in [0.3, 0.4) is 0 Å². The number of phosphoric acid groups is 1. The van der Waals surface area contributed by atoms with E-state index in [0.717, 1.165) is 32.1 Å². The Morgan fingerprint density at radius 2 is 1.88 bits per heavy atom. The van der Waals surface area contributed by atoms with Crippen LogP contribution in [0.5, 0.6) is 5.75 Å². The summed E-state index contributed by atoms with van der Waals surface area (Å²) in [6.07, 6.45) is 5.37. The van der Waals surface area contributed by atoms with Crippen molar-refractivity contribution in [1.82, 2.24) is 5.32 Å². The minimum atomic E-state index is -4.76. The quantitative estimate of drug-likeness (QED) is 0.339.